The first-order chi connectivity index (χ1) is 13.5. The summed E-state index contributed by atoms with van der Waals surface area (Å²) in [6.45, 7) is 1.42. The Morgan fingerprint density at radius 3 is 1.93 bits per heavy atom. The smallest absolute Gasteiger partial charge is 0.311 e. The lowest BCUT2D eigenvalue weighted by atomic mass is 9.80. The summed E-state index contributed by atoms with van der Waals surface area (Å²) in [5.74, 6) is -2.25. The molecule has 4 unspecified atom stereocenters. The van der Waals surface area contributed by atoms with E-state index < -0.39 is 29.9 Å². The van der Waals surface area contributed by atoms with Gasteiger partial charge in [0.2, 0.25) is 11.8 Å². The van der Waals surface area contributed by atoms with E-state index in [4.69, 9.17) is 4.74 Å². The van der Waals surface area contributed by atoms with Gasteiger partial charge in [0.1, 0.15) is 6.04 Å². The first kappa shape index (κ1) is 19.6. The monoisotopic (exact) mass is 380 g/mol. The van der Waals surface area contributed by atoms with Crippen LogP contribution >= 0.6 is 0 Å². The van der Waals surface area contributed by atoms with Gasteiger partial charge in [-0.15, -0.1) is 0 Å². The number of nitrogens with zero attached hydrogens (tertiary/aromatic N) is 1. The SMILES string of the molecule is CNC(=O)C1C(c2ccccc2)C(C(=O)OC)C(c2ccccc2)N1C(C)=O. The van der Waals surface area contributed by atoms with Crippen LogP contribution in [0.5, 0.6) is 0 Å². The third kappa shape index (κ3) is 3.38. The van der Waals surface area contributed by atoms with Crippen molar-refractivity contribution in [3.63, 3.8) is 0 Å². The Morgan fingerprint density at radius 1 is 0.929 bits per heavy atom. The molecule has 4 atom stereocenters. The van der Waals surface area contributed by atoms with Gasteiger partial charge in [0.15, 0.2) is 0 Å². The zero-order chi connectivity index (χ0) is 20.3. The largest absolute Gasteiger partial charge is 0.469 e. The third-order valence-corrected chi connectivity index (χ3v) is 5.34. The normalized spacial score (nSPS) is 23.9. The van der Waals surface area contributed by atoms with E-state index in [0.29, 0.717) is 0 Å². The van der Waals surface area contributed by atoms with E-state index in [2.05, 4.69) is 5.32 Å². The van der Waals surface area contributed by atoms with Crippen LogP contribution in [0.1, 0.15) is 30.0 Å². The van der Waals surface area contributed by atoms with Crippen LogP contribution in [-0.4, -0.2) is 42.9 Å². The fraction of sp³-hybridized carbons (Fsp3) is 0.318. The minimum Gasteiger partial charge on any atom is -0.469 e. The summed E-state index contributed by atoms with van der Waals surface area (Å²) < 4.78 is 5.12. The standard InChI is InChI=1S/C22H24N2O4/c1-14(25)24-19(16-12-8-5-9-13-16)18(22(27)28-3)17(20(24)21(26)23-2)15-10-6-4-7-11-15/h4-13,17-20H,1-3H3,(H,23,26). The Hall–Kier alpha value is -3.15. The van der Waals surface area contributed by atoms with Crippen LogP contribution in [0.25, 0.3) is 0 Å². The molecule has 2 aromatic rings. The predicted molar refractivity (Wildman–Crippen MR) is 104 cm³/mol. The number of amides is 2. The van der Waals surface area contributed by atoms with Crippen molar-refractivity contribution in [1.82, 2.24) is 10.2 Å². The number of hydrogen-bond donors (Lipinski definition) is 1. The van der Waals surface area contributed by atoms with Gasteiger partial charge >= 0.3 is 5.97 Å². The molecule has 1 aliphatic heterocycles. The average molecular weight is 380 g/mol. The Labute approximate surface area is 164 Å². The quantitative estimate of drug-likeness (QED) is 0.826. The zero-order valence-corrected chi connectivity index (χ0v) is 16.2. The molecule has 0 aliphatic carbocycles. The molecule has 0 aromatic heterocycles. The second kappa shape index (κ2) is 8.25. The highest BCUT2D eigenvalue weighted by Crippen LogP contribution is 2.50. The van der Waals surface area contributed by atoms with E-state index >= 15 is 0 Å². The van der Waals surface area contributed by atoms with Gasteiger partial charge in [-0.3, -0.25) is 14.4 Å². The lowest BCUT2D eigenvalue weighted by Crippen LogP contribution is -2.47. The number of ether oxygens (including phenoxy) is 1. The molecular weight excluding hydrogens is 356 g/mol. The molecule has 1 fully saturated rings. The number of likely N-dealkylation sites (tertiary alicyclic amines) is 1. The van der Waals surface area contributed by atoms with Crippen molar-refractivity contribution in [2.75, 3.05) is 14.2 Å². The van der Waals surface area contributed by atoms with Crippen molar-refractivity contribution < 1.29 is 19.1 Å². The first-order valence-corrected chi connectivity index (χ1v) is 9.19. The molecule has 3 rings (SSSR count). The minimum atomic E-state index is -0.820. The van der Waals surface area contributed by atoms with Gasteiger partial charge in [0.05, 0.1) is 19.1 Å². The number of esters is 1. The highest BCUT2D eigenvalue weighted by atomic mass is 16.5. The molecule has 0 spiro atoms. The molecule has 1 saturated heterocycles. The van der Waals surface area contributed by atoms with Crippen LogP contribution in [0.2, 0.25) is 0 Å². The summed E-state index contributed by atoms with van der Waals surface area (Å²) in [6.07, 6.45) is 0. The van der Waals surface area contributed by atoms with Gasteiger partial charge in [-0.25, -0.2) is 0 Å². The van der Waals surface area contributed by atoms with E-state index in [9.17, 15) is 14.4 Å². The Kier molecular flexibility index (Phi) is 5.78. The van der Waals surface area contributed by atoms with Gasteiger partial charge in [-0.1, -0.05) is 60.7 Å². The maximum Gasteiger partial charge on any atom is 0.311 e. The summed E-state index contributed by atoms with van der Waals surface area (Å²) in [6, 6.07) is 17.2. The molecule has 1 aliphatic rings. The molecule has 1 heterocycles. The molecule has 0 bridgehead atoms. The number of benzene rings is 2. The van der Waals surface area contributed by atoms with E-state index in [0.717, 1.165) is 11.1 Å². The molecule has 0 saturated carbocycles. The zero-order valence-electron chi connectivity index (χ0n) is 16.2. The van der Waals surface area contributed by atoms with E-state index in [1.165, 1.54) is 26.0 Å². The van der Waals surface area contributed by atoms with Crippen molar-refractivity contribution in [1.29, 1.82) is 0 Å². The fourth-order valence-electron chi connectivity index (χ4n) is 4.24. The van der Waals surface area contributed by atoms with Crippen LogP contribution in [0.3, 0.4) is 0 Å². The second-order valence-corrected chi connectivity index (χ2v) is 6.83. The molecule has 6 heteroatoms. The molecule has 6 nitrogen and oxygen atoms in total. The topological polar surface area (TPSA) is 75.7 Å². The summed E-state index contributed by atoms with van der Waals surface area (Å²) in [5.41, 5.74) is 1.61. The Bertz CT molecular complexity index is 853. The number of rotatable bonds is 4. The summed E-state index contributed by atoms with van der Waals surface area (Å²) in [5, 5.41) is 2.66. The summed E-state index contributed by atoms with van der Waals surface area (Å²) in [4.78, 5) is 40.0. The van der Waals surface area contributed by atoms with Crippen LogP contribution in [-0.2, 0) is 19.1 Å². The molecule has 2 amide bonds. The summed E-state index contributed by atoms with van der Waals surface area (Å²) in [7, 11) is 2.86. The maximum atomic E-state index is 12.9. The van der Waals surface area contributed by atoms with Gasteiger partial charge < -0.3 is 15.0 Å². The van der Waals surface area contributed by atoms with Gasteiger partial charge in [-0.2, -0.15) is 0 Å². The molecule has 2 aromatic carbocycles. The molecule has 146 valence electrons. The number of nitrogens with one attached hydrogen (secondary N) is 1. The van der Waals surface area contributed by atoms with Crippen LogP contribution in [0.15, 0.2) is 60.7 Å². The number of carbonyl (C=O) groups excluding carboxylic acids is 3. The lowest BCUT2D eigenvalue weighted by molar-refractivity contribution is -0.147. The van der Waals surface area contributed by atoms with Crippen LogP contribution < -0.4 is 5.32 Å². The lowest BCUT2D eigenvalue weighted by Gasteiger charge is -2.30. The van der Waals surface area contributed by atoms with E-state index in [1.807, 2.05) is 60.7 Å². The van der Waals surface area contributed by atoms with Crippen molar-refractivity contribution in [2.24, 2.45) is 5.92 Å². The Balaban J connectivity index is 2.25. The molecule has 0 radical (unpaired) electrons. The highest BCUT2D eigenvalue weighted by molar-refractivity contribution is 5.91. The summed E-state index contributed by atoms with van der Waals surface area (Å²) >= 11 is 0. The second-order valence-electron chi connectivity index (χ2n) is 6.83. The molecule has 28 heavy (non-hydrogen) atoms. The number of likely N-dealkylation sites (N-methyl/N-ethyl adjacent to an activating group) is 1. The fourth-order valence-corrected chi connectivity index (χ4v) is 4.24. The van der Waals surface area contributed by atoms with Crippen molar-refractivity contribution in [3.05, 3.63) is 71.8 Å². The first-order valence-electron chi connectivity index (χ1n) is 9.19. The van der Waals surface area contributed by atoms with Gasteiger partial charge in [-0.05, 0) is 11.1 Å². The van der Waals surface area contributed by atoms with Crippen molar-refractivity contribution in [2.45, 2.75) is 24.9 Å². The number of hydrogen-bond acceptors (Lipinski definition) is 4. The predicted octanol–water partition coefficient (Wildman–Crippen LogP) is 2.28. The van der Waals surface area contributed by atoms with E-state index in [1.54, 1.807) is 0 Å². The van der Waals surface area contributed by atoms with Gasteiger partial charge in [0.25, 0.3) is 0 Å². The van der Waals surface area contributed by atoms with Crippen molar-refractivity contribution in [3.8, 4) is 0 Å². The van der Waals surface area contributed by atoms with Crippen LogP contribution in [0.4, 0.5) is 0 Å². The van der Waals surface area contributed by atoms with Gasteiger partial charge in [0, 0.05) is 19.9 Å². The number of carbonyl (C=O) groups is 3. The van der Waals surface area contributed by atoms with Crippen LogP contribution in [0, 0.1) is 5.92 Å². The minimum absolute atomic E-state index is 0.269. The average Bonchev–Trinajstić information content (AvgIpc) is 3.10. The highest BCUT2D eigenvalue weighted by Gasteiger charge is 2.57. The molecular formula is C22H24N2O4. The number of methoxy groups -OCH3 is 1. The van der Waals surface area contributed by atoms with Crippen molar-refractivity contribution >= 4 is 17.8 Å². The maximum absolute atomic E-state index is 12.9. The third-order valence-electron chi connectivity index (χ3n) is 5.34. The molecule has 1 N–H and O–H groups in total. The Morgan fingerprint density at radius 2 is 1.46 bits per heavy atom. The van der Waals surface area contributed by atoms with E-state index in [-0.39, 0.29) is 11.8 Å².